The predicted molar refractivity (Wildman–Crippen MR) is 81.2 cm³/mol. The van der Waals surface area contributed by atoms with Crippen LogP contribution >= 0.6 is 0 Å². The molecule has 0 saturated carbocycles. The molecule has 0 amide bonds. The standard InChI is InChI=1S/C14H26N4O2/c1-5-17(4)12-6-14(20)18(16-8-12)10-13(19)9-15-7-11(2)3/h6,8,11,13,15,19H,5,7,9-10H2,1-4H3. The number of nitrogens with one attached hydrogen (secondary N) is 1. The summed E-state index contributed by atoms with van der Waals surface area (Å²) in [5.41, 5.74) is 0.604. The van der Waals surface area contributed by atoms with Gasteiger partial charge in [-0.3, -0.25) is 4.79 Å². The molecular weight excluding hydrogens is 256 g/mol. The Morgan fingerprint density at radius 3 is 2.70 bits per heavy atom. The van der Waals surface area contributed by atoms with Gasteiger partial charge in [-0.1, -0.05) is 13.8 Å². The van der Waals surface area contributed by atoms with E-state index in [1.54, 1.807) is 12.3 Å². The van der Waals surface area contributed by atoms with E-state index in [9.17, 15) is 9.90 Å². The molecule has 6 nitrogen and oxygen atoms in total. The van der Waals surface area contributed by atoms with Crippen LogP contribution in [0.15, 0.2) is 17.1 Å². The summed E-state index contributed by atoms with van der Waals surface area (Å²) < 4.78 is 1.30. The minimum atomic E-state index is -0.617. The molecule has 0 fully saturated rings. The minimum Gasteiger partial charge on any atom is -0.390 e. The van der Waals surface area contributed by atoms with E-state index >= 15 is 0 Å². The quantitative estimate of drug-likeness (QED) is 0.718. The van der Waals surface area contributed by atoms with Crippen LogP contribution in [-0.2, 0) is 6.54 Å². The Hall–Kier alpha value is -1.40. The van der Waals surface area contributed by atoms with Gasteiger partial charge in [-0.25, -0.2) is 4.68 Å². The summed E-state index contributed by atoms with van der Waals surface area (Å²) in [6, 6.07) is 1.55. The van der Waals surface area contributed by atoms with E-state index in [4.69, 9.17) is 0 Å². The zero-order valence-corrected chi connectivity index (χ0v) is 12.8. The van der Waals surface area contributed by atoms with Gasteiger partial charge in [-0.05, 0) is 19.4 Å². The predicted octanol–water partition coefficient (Wildman–Crippen LogP) is 0.306. The average molecular weight is 282 g/mol. The van der Waals surface area contributed by atoms with Crippen molar-refractivity contribution in [3.05, 3.63) is 22.6 Å². The van der Waals surface area contributed by atoms with Crippen molar-refractivity contribution in [3.63, 3.8) is 0 Å². The minimum absolute atomic E-state index is 0.189. The molecule has 1 atom stereocenters. The Kier molecular flexibility index (Phi) is 6.67. The van der Waals surface area contributed by atoms with Gasteiger partial charge in [0.05, 0.1) is 24.5 Å². The van der Waals surface area contributed by atoms with Gasteiger partial charge in [0.25, 0.3) is 5.56 Å². The lowest BCUT2D eigenvalue weighted by atomic mass is 10.2. The third kappa shape index (κ3) is 5.30. The molecule has 0 radical (unpaired) electrons. The molecule has 0 aromatic carbocycles. The van der Waals surface area contributed by atoms with Crippen molar-refractivity contribution in [2.45, 2.75) is 33.4 Å². The normalized spacial score (nSPS) is 12.7. The largest absolute Gasteiger partial charge is 0.390 e. The molecule has 1 aromatic heterocycles. The average Bonchev–Trinajstić information content (AvgIpc) is 2.39. The third-order valence-electron chi connectivity index (χ3n) is 3.09. The molecule has 20 heavy (non-hydrogen) atoms. The maximum absolute atomic E-state index is 11.9. The second-order valence-corrected chi connectivity index (χ2v) is 5.45. The summed E-state index contributed by atoms with van der Waals surface area (Å²) in [6.45, 7) is 8.55. The van der Waals surface area contributed by atoms with Crippen molar-refractivity contribution in [3.8, 4) is 0 Å². The monoisotopic (exact) mass is 282 g/mol. The molecule has 0 bridgehead atoms. The number of aromatic nitrogens is 2. The smallest absolute Gasteiger partial charge is 0.268 e. The van der Waals surface area contributed by atoms with Crippen molar-refractivity contribution >= 4 is 5.69 Å². The topological polar surface area (TPSA) is 70.4 Å². The maximum atomic E-state index is 11.9. The second-order valence-electron chi connectivity index (χ2n) is 5.45. The zero-order valence-electron chi connectivity index (χ0n) is 12.8. The van der Waals surface area contributed by atoms with E-state index in [1.807, 2.05) is 18.9 Å². The SMILES string of the molecule is CCN(C)c1cnn(CC(O)CNCC(C)C)c(=O)c1. The number of anilines is 1. The summed E-state index contributed by atoms with van der Waals surface area (Å²) in [5, 5.41) is 17.2. The van der Waals surface area contributed by atoms with Crippen LogP contribution < -0.4 is 15.8 Å². The number of hydrogen-bond acceptors (Lipinski definition) is 5. The second kappa shape index (κ2) is 8.01. The highest BCUT2D eigenvalue weighted by Crippen LogP contribution is 2.05. The summed E-state index contributed by atoms with van der Waals surface area (Å²) >= 11 is 0. The molecule has 0 saturated heterocycles. The van der Waals surface area contributed by atoms with Crippen LogP contribution in [0.25, 0.3) is 0 Å². The van der Waals surface area contributed by atoms with Gasteiger partial charge in [0.15, 0.2) is 0 Å². The zero-order chi connectivity index (χ0) is 15.1. The van der Waals surface area contributed by atoms with E-state index in [0.717, 1.165) is 18.8 Å². The highest BCUT2D eigenvalue weighted by atomic mass is 16.3. The van der Waals surface area contributed by atoms with E-state index in [2.05, 4.69) is 24.3 Å². The third-order valence-corrected chi connectivity index (χ3v) is 3.09. The molecular formula is C14H26N4O2. The fraction of sp³-hybridized carbons (Fsp3) is 0.714. The first-order valence-electron chi connectivity index (χ1n) is 7.11. The first-order chi connectivity index (χ1) is 9.43. The fourth-order valence-corrected chi connectivity index (χ4v) is 1.76. The van der Waals surface area contributed by atoms with Crippen molar-refractivity contribution < 1.29 is 5.11 Å². The van der Waals surface area contributed by atoms with Crippen LogP contribution in [0, 0.1) is 5.92 Å². The Labute approximate surface area is 120 Å². The number of rotatable bonds is 8. The summed E-state index contributed by atoms with van der Waals surface area (Å²) in [4.78, 5) is 13.9. The van der Waals surface area contributed by atoms with Crippen LogP contribution in [0.5, 0.6) is 0 Å². The van der Waals surface area contributed by atoms with Gasteiger partial charge >= 0.3 is 0 Å². The summed E-state index contributed by atoms with van der Waals surface area (Å²) in [6.07, 6.45) is 1.04. The highest BCUT2D eigenvalue weighted by Gasteiger charge is 2.09. The highest BCUT2D eigenvalue weighted by molar-refractivity contribution is 5.41. The number of aliphatic hydroxyl groups is 1. The van der Waals surface area contributed by atoms with E-state index in [0.29, 0.717) is 12.5 Å². The van der Waals surface area contributed by atoms with E-state index in [1.165, 1.54) is 4.68 Å². The van der Waals surface area contributed by atoms with Gasteiger partial charge in [0, 0.05) is 26.2 Å². The molecule has 1 aromatic rings. The first kappa shape index (κ1) is 16.7. The van der Waals surface area contributed by atoms with Crippen molar-refractivity contribution in [2.24, 2.45) is 5.92 Å². The van der Waals surface area contributed by atoms with Crippen molar-refractivity contribution in [1.29, 1.82) is 0 Å². The Morgan fingerprint density at radius 1 is 1.45 bits per heavy atom. The van der Waals surface area contributed by atoms with Crippen LogP contribution in [0.4, 0.5) is 5.69 Å². The molecule has 0 spiro atoms. The molecule has 0 aliphatic carbocycles. The van der Waals surface area contributed by atoms with E-state index < -0.39 is 6.10 Å². The van der Waals surface area contributed by atoms with Crippen LogP contribution in [-0.4, -0.2) is 47.7 Å². The summed E-state index contributed by atoms with van der Waals surface area (Å²) in [7, 11) is 1.91. The Morgan fingerprint density at radius 2 is 2.15 bits per heavy atom. The van der Waals surface area contributed by atoms with Crippen LogP contribution in [0.2, 0.25) is 0 Å². The molecule has 2 N–H and O–H groups in total. The molecule has 0 aliphatic rings. The molecule has 6 heteroatoms. The molecule has 1 heterocycles. The molecule has 1 rings (SSSR count). The van der Waals surface area contributed by atoms with Crippen molar-refractivity contribution in [1.82, 2.24) is 15.1 Å². The first-order valence-corrected chi connectivity index (χ1v) is 7.11. The van der Waals surface area contributed by atoms with Crippen molar-refractivity contribution in [2.75, 3.05) is 31.6 Å². The number of hydrogen-bond donors (Lipinski definition) is 2. The lowest BCUT2D eigenvalue weighted by Gasteiger charge is -2.17. The Bertz CT molecular complexity index is 459. The van der Waals surface area contributed by atoms with Gasteiger partial charge < -0.3 is 15.3 Å². The molecule has 1 unspecified atom stereocenters. The fourth-order valence-electron chi connectivity index (χ4n) is 1.76. The van der Waals surface area contributed by atoms with Gasteiger partial charge in [-0.2, -0.15) is 5.10 Å². The van der Waals surface area contributed by atoms with E-state index in [-0.39, 0.29) is 12.1 Å². The molecule has 114 valence electrons. The van der Waals surface area contributed by atoms with Crippen LogP contribution in [0.3, 0.4) is 0 Å². The lowest BCUT2D eigenvalue weighted by molar-refractivity contribution is 0.144. The van der Waals surface area contributed by atoms with Gasteiger partial charge in [0.1, 0.15) is 0 Å². The number of nitrogens with zero attached hydrogens (tertiary/aromatic N) is 3. The maximum Gasteiger partial charge on any atom is 0.268 e. The lowest BCUT2D eigenvalue weighted by Crippen LogP contribution is -2.36. The van der Waals surface area contributed by atoms with Gasteiger partial charge in [0.2, 0.25) is 0 Å². The molecule has 0 aliphatic heterocycles. The Balaban J connectivity index is 2.58. The van der Waals surface area contributed by atoms with Crippen LogP contribution in [0.1, 0.15) is 20.8 Å². The van der Waals surface area contributed by atoms with Gasteiger partial charge in [-0.15, -0.1) is 0 Å². The summed E-state index contributed by atoms with van der Waals surface area (Å²) in [5.74, 6) is 0.534. The number of aliphatic hydroxyl groups excluding tert-OH is 1.